The van der Waals surface area contributed by atoms with Crippen LogP contribution in [0.25, 0.3) is 0 Å². The number of hydrogen-bond acceptors (Lipinski definition) is 4. The van der Waals surface area contributed by atoms with E-state index in [1.165, 1.54) is 18.2 Å². The second-order valence-corrected chi connectivity index (χ2v) is 7.05. The van der Waals surface area contributed by atoms with Crippen LogP contribution in [0.2, 0.25) is 0 Å². The standard InChI is InChI=1S/C21H24F3NO3/c1-20(27-17-7-3-2-4-8-17)11-13-25(14-12-20)15-16-26-18-9-5-6-10-19(18)28-21(22,23)24/h2-10H,11-16H2,1H3. The molecule has 1 heterocycles. The first-order valence-electron chi connectivity index (χ1n) is 9.27. The number of rotatable bonds is 7. The molecule has 1 aliphatic heterocycles. The summed E-state index contributed by atoms with van der Waals surface area (Å²) in [5.41, 5.74) is -0.216. The highest BCUT2D eigenvalue weighted by molar-refractivity contribution is 5.39. The Morgan fingerprint density at radius 2 is 1.54 bits per heavy atom. The van der Waals surface area contributed by atoms with Crippen molar-refractivity contribution in [3.05, 3.63) is 54.6 Å². The summed E-state index contributed by atoms with van der Waals surface area (Å²) in [6.45, 7) is 4.70. The maximum absolute atomic E-state index is 12.5. The lowest BCUT2D eigenvalue weighted by atomic mass is 9.93. The zero-order chi connectivity index (χ0) is 20.0. The Balaban J connectivity index is 1.45. The number of alkyl halides is 3. The van der Waals surface area contributed by atoms with Crippen LogP contribution in [-0.2, 0) is 0 Å². The van der Waals surface area contributed by atoms with Crippen molar-refractivity contribution >= 4 is 0 Å². The molecule has 28 heavy (non-hydrogen) atoms. The second-order valence-electron chi connectivity index (χ2n) is 7.05. The Labute approximate surface area is 162 Å². The van der Waals surface area contributed by atoms with Crippen molar-refractivity contribution in [3.63, 3.8) is 0 Å². The largest absolute Gasteiger partial charge is 0.573 e. The van der Waals surface area contributed by atoms with Crippen LogP contribution in [0.1, 0.15) is 19.8 Å². The molecule has 0 aromatic heterocycles. The van der Waals surface area contributed by atoms with Crippen LogP contribution < -0.4 is 14.2 Å². The van der Waals surface area contributed by atoms with Gasteiger partial charge in [-0.25, -0.2) is 0 Å². The molecular formula is C21H24F3NO3. The minimum atomic E-state index is -4.74. The van der Waals surface area contributed by atoms with Gasteiger partial charge in [0.15, 0.2) is 11.5 Å². The fourth-order valence-corrected chi connectivity index (χ4v) is 3.19. The molecular weight excluding hydrogens is 371 g/mol. The molecule has 2 aromatic carbocycles. The predicted molar refractivity (Wildman–Crippen MR) is 99.8 cm³/mol. The molecule has 0 bridgehead atoms. The van der Waals surface area contributed by atoms with Crippen LogP contribution in [0.3, 0.4) is 0 Å². The van der Waals surface area contributed by atoms with Crippen molar-refractivity contribution in [2.24, 2.45) is 0 Å². The highest BCUT2D eigenvalue weighted by atomic mass is 19.4. The Morgan fingerprint density at radius 1 is 0.929 bits per heavy atom. The maximum atomic E-state index is 12.5. The molecule has 1 aliphatic rings. The number of benzene rings is 2. The van der Waals surface area contributed by atoms with Gasteiger partial charge in [0.2, 0.25) is 0 Å². The van der Waals surface area contributed by atoms with E-state index < -0.39 is 6.36 Å². The van der Waals surface area contributed by atoms with Crippen LogP contribution in [0.15, 0.2) is 54.6 Å². The first-order valence-corrected chi connectivity index (χ1v) is 9.27. The van der Waals surface area contributed by atoms with Crippen LogP contribution >= 0.6 is 0 Å². The van der Waals surface area contributed by atoms with Crippen molar-refractivity contribution in [2.45, 2.75) is 31.7 Å². The second kappa shape index (κ2) is 8.73. The lowest BCUT2D eigenvalue weighted by molar-refractivity contribution is -0.275. The molecule has 0 atom stereocenters. The normalized spacial score (nSPS) is 17.1. The van der Waals surface area contributed by atoms with Gasteiger partial charge in [0.1, 0.15) is 18.0 Å². The van der Waals surface area contributed by atoms with E-state index in [1.807, 2.05) is 30.3 Å². The third-order valence-corrected chi connectivity index (χ3v) is 4.76. The molecule has 3 rings (SSSR count). The minimum absolute atomic E-state index is 0.0917. The lowest BCUT2D eigenvalue weighted by Crippen LogP contribution is -2.47. The Hall–Kier alpha value is -2.41. The first-order chi connectivity index (χ1) is 13.3. The third-order valence-electron chi connectivity index (χ3n) is 4.76. The van der Waals surface area contributed by atoms with E-state index in [-0.39, 0.29) is 23.7 Å². The lowest BCUT2D eigenvalue weighted by Gasteiger charge is -2.39. The third kappa shape index (κ3) is 6.05. The molecule has 0 amide bonds. The topological polar surface area (TPSA) is 30.9 Å². The highest BCUT2D eigenvalue weighted by Gasteiger charge is 2.33. The van der Waals surface area contributed by atoms with Crippen molar-refractivity contribution in [2.75, 3.05) is 26.2 Å². The molecule has 0 saturated carbocycles. The summed E-state index contributed by atoms with van der Waals surface area (Å²) in [5.74, 6) is 0.634. The molecule has 4 nitrogen and oxygen atoms in total. The number of para-hydroxylation sites is 3. The van der Waals surface area contributed by atoms with E-state index in [4.69, 9.17) is 9.47 Å². The summed E-state index contributed by atoms with van der Waals surface area (Å²) < 4.78 is 53.1. The number of halogens is 3. The predicted octanol–water partition coefficient (Wildman–Crippen LogP) is 4.90. The van der Waals surface area contributed by atoms with Crippen LogP contribution in [0.4, 0.5) is 13.2 Å². The van der Waals surface area contributed by atoms with Gasteiger partial charge >= 0.3 is 6.36 Å². The quantitative estimate of drug-likeness (QED) is 0.667. The van der Waals surface area contributed by atoms with Gasteiger partial charge in [-0.05, 0) is 44.0 Å². The van der Waals surface area contributed by atoms with Crippen LogP contribution in [-0.4, -0.2) is 43.1 Å². The van der Waals surface area contributed by atoms with Crippen LogP contribution in [0, 0.1) is 0 Å². The molecule has 0 N–H and O–H groups in total. The average Bonchev–Trinajstić information content (AvgIpc) is 2.64. The molecule has 0 unspecified atom stereocenters. The van der Waals surface area contributed by atoms with Crippen molar-refractivity contribution in [1.82, 2.24) is 4.90 Å². The summed E-state index contributed by atoms with van der Waals surface area (Å²) in [7, 11) is 0. The summed E-state index contributed by atoms with van der Waals surface area (Å²) in [6.07, 6.45) is -3.00. The van der Waals surface area contributed by atoms with Crippen molar-refractivity contribution in [3.8, 4) is 17.2 Å². The van der Waals surface area contributed by atoms with E-state index in [0.29, 0.717) is 6.54 Å². The maximum Gasteiger partial charge on any atom is 0.573 e. The molecule has 0 aliphatic carbocycles. The summed E-state index contributed by atoms with van der Waals surface area (Å²) >= 11 is 0. The van der Waals surface area contributed by atoms with Crippen molar-refractivity contribution < 1.29 is 27.4 Å². The Morgan fingerprint density at radius 3 is 2.18 bits per heavy atom. The number of likely N-dealkylation sites (tertiary alicyclic amines) is 1. The Kier molecular flexibility index (Phi) is 6.34. The fraction of sp³-hybridized carbons (Fsp3) is 0.429. The van der Waals surface area contributed by atoms with Gasteiger partial charge in [-0.15, -0.1) is 13.2 Å². The number of hydrogen-bond donors (Lipinski definition) is 0. The van der Waals surface area contributed by atoms with Gasteiger partial charge < -0.3 is 14.2 Å². The first kappa shape index (κ1) is 20.3. The molecule has 2 aromatic rings. The average molecular weight is 395 g/mol. The van der Waals surface area contributed by atoms with Gasteiger partial charge in [0, 0.05) is 19.6 Å². The van der Waals surface area contributed by atoms with E-state index in [0.717, 1.165) is 31.7 Å². The fourth-order valence-electron chi connectivity index (χ4n) is 3.19. The minimum Gasteiger partial charge on any atom is -0.488 e. The number of nitrogens with zero attached hydrogens (tertiary/aromatic N) is 1. The van der Waals surface area contributed by atoms with Crippen LogP contribution in [0.5, 0.6) is 17.2 Å². The molecule has 0 spiro atoms. The van der Waals surface area contributed by atoms with Gasteiger partial charge in [-0.1, -0.05) is 30.3 Å². The summed E-state index contributed by atoms with van der Waals surface area (Å²) in [5, 5.41) is 0. The zero-order valence-electron chi connectivity index (χ0n) is 15.7. The number of ether oxygens (including phenoxy) is 3. The van der Waals surface area contributed by atoms with E-state index >= 15 is 0 Å². The SMILES string of the molecule is CC1(Oc2ccccc2)CCN(CCOc2ccccc2OC(F)(F)F)CC1. The van der Waals surface area contributed by atoms with E-state index in [9.17, 15) is 13.2 Å². The summed E-state index contributed by atoms with van der Waals surface area (Å²) in [4.78, 5) is 2.23. The smallest absolute Gasteiger partial charge is 0.488 e. The number of piperidine rings is 1. The zero-order valence-corrected chi connectivity index (χ0v) is 15.7. The van der Waals surface area contributed by atoms with Crippen molar-refractivity contribution in [1.29, 1.82) is 0 Å². The molecule has 0 radical (unpaired) electrons. The summed E-state index contributed by atoms with van der Waals surface area (Å²) in [6, 6.07) is 15.6. The molecule has 1 fully saturated rings. The van der Waals surface area contributed by atoms with Gasteiger partial charge in [-0.2, -0.15) is 0 Å². The van der Waals surface area contributed by atoms with Gasteiger partial charge in [-0.3, -0.25) is 4.90 Å². The van der Waals surface area contributed by atoms with Gasteiger partial charge in [0.05, 0.1) is 0 Å². The molecule has 7 heteroatoms. The highest BCUT2D eigenvalue weighted by Crippen LogP contribution is 2.32. The Bertz CT molecular complexity index is 744. The molecule has 152 valence electrons. The van der Waals surface area contributed by atoms with E-state index in [2.05, 4.69) is 16.6 Å². The van der Waals surface area contributed by atoms with Gasteiger partial charge in [0.25, 0.3) is 0 Å². The van der Waals surface area contributed by atoms with E-state index in [1.54, 1.807) is 6.07 Å². The monoisotopic (exact) mass is 395 g/mol. The molecule has 1 saturated heterocycles.